The van der Waals surface area contributed by atoms with Gasteiger partial charge < -0.3 is 5.32 Å². The fourth-order valence-electron chi connectivity index (χ4n) is 9.33. The maximum atomic E-state index is 3.70. The molecule has 0 saturated heterocycles. The third-order valence-corrected chi connectivity index (χ3v) is 12.8. The Balaban J connectivity index is 0.830. The summed E-state index contributed by atoms with van der Waals surface area (Å²) in [7, 11) is 0. The number of rotatable bonds is 11. The molecule has 0 fully saturated rings. The Bertz CT molecular complexity index is 2890. The van der Waals surface area contributed by atoms with Crippen molar-refractivity contribution in [2.45, 2.75) is 38.0 Å². The minimum Gasteiger partial charge on any atom is -0.356 e. The zero-order valence-electron chi connectivity index (χ0n) is 34.9. The van der Waals surface area contributed by atoms with E-state index in [0.717, 1.165) is 24.2 Å². The Morgan fingerprint density at radius 3 is 1.25 bits per heavy atom. The summed E-state index contributed by atoms with van der Waals surface area (Å²) in [6, 6.07) is 82.1. The maximum Gasteiger partial charge on any atom is 0.0387 e. The van der Waals surface area contributed by atoms with Crippen LogP contribution in [0.4, 0.5) is 11.4 Å². The minimum absolute atomic E-state index is 0.109. The molecule has 1 N–H and O–H groups in total. The second-order valence-corrected chi connectivity index (χ2v) is 17.0. The second kappa shape index (κ2) is 16.4. The highest BCUT2D eigenvalue weighted by Gasteiger charge is 2.35. The van der Waals surface area contributed by atoms with Crippen molar-refractivity contribution < 1.29 is 0 Å². The van der Waals surface area contributed by atoms with Crippen LogP contribution in [0.5, 0.6) is 0 Å². The average Bonchev–Trinajstić information content (AvgIpc) is 3.55. The molecule has 0 saturated carbocycles. The average molecular weight is 784 g/mol. The van der Waals surface area contributed by atoms with Crippen LogP contribution < -0.4 is 5.32 Å². The van der Waals surface area contributed by atoms with E-state index in [1.54, 1.807) is 0 Å². The van der Waals surface area contributed by atoms with Gasteiger partial charge in [-0.1, -0.05) is 214 Å². The molecule has 294 valence electrons. The highest BCUT2D eigenvalue weighted by molar-refractivity contribution is 5.83. The molecule has 9 aromatic rings. The first kappa shape index (κ1) is 38.0. The van der Waals surface area contributed by atoms with Crippen molar-refractivity contribution in [3.05, 3.63) is 252 Å². The largest absolute Gasteiger partial charge is 0.356 e. The number of hydrogen-bond donors (Lipinski definition) is 1. The lowest BCUT2D eigenvalue weighted by atomic mass is 9.81. The summed E-state index contributed by atoms with van der Waals surface area (Å²) in [5, 5.41) is 3.70. The van der Waals surface area contributed by atoms with E-state index >= 15 is 0 Å². The van der Waals surface area contributed by atoms with Crippen molar-refractivity contribution in [1.82, 2.24) is 0 Å². The van der Waals surface area contributed by atoms with Gasteiger partial charge in [0.2, 0.25) is 0 Å². The summed E-state index contributed by atoms with van der Waals surface area (Å²) < 4.78 is 0. The van der Waals surface area contributed by atoms with Gasteiger partial charge in [0.1, 0.15) is 0 Å². The highest BCUT2D eigenvalue weighted by Crippen LogP contribution is 2.50. The molecular weight excluding hydrogens is 735 g/mol. The number of anilines is 2. The van der Waals surface area contributed by atoms with Crippen LogP contribution in [0.3, 0.4) is 0 Å². The number of hydrogen-bond acceptors (Lipinski definition) is 1. The van der Waals surface area contributed by atoms with E-state index in [1.807, 2.05) is 0 Å². The van der Waals surface area contributed by atoms with Gasteiger partial charge in [0, 0.05) is 22.7 Å². The van der Waals surface area contributed by atoms with Crippen molar-refractivity contribution in [2.24, 2.45) is 0 Å². The highest BCUT2D eigenvalue weighted by atomic mass is 14.9. The molecule has 0 aliphatic heterocycles. The molecule has 1 nitrogen and oxygen atoms in total. The Morgan fingerprint density at radius 2 is 0.738 bits per heavy atom. The monoisotopic (exact) mass is 783 g/mol. The quantitative estimate of drug-likeness (QED) is 0.138. The van der Waals surface area contributed by atoms with Crippen LogP contribution in [0.15, 0.2) is 224 Å². The molecule has 0 heterocycles. The Labute approximate surface area is 361 Å². The van der Waals surface area contributed by atoms with E-state index in [1.165, 1.54) is 83.5 Å². The van der Waals surface area contributed by atoms with E-state index in [-0.39, 0.29) is 5.41 Å². The van der Waals surface area contributed by atoms with Gasteiger partial charge in [-0.3, -0.25) is 0 Å². The summed E-state index contributed by atoms with van der Waals surface area (Å²) in [5.41, 5.74) is 21.5. The van der Waals surface area contributed by atoms with Gasteiger partial charge in [0.05, 0.1) is 0 Å². The molecule has 9 aromatic carbocycles. The smallest absolute Gasteiger partial charge is 0.0387 e. The first-order valence-corrected chi connectivity index (χ1v) is 21.6. The fourth-order valence-corrected chi connectivity index (χ4v) is 9.33. The topological polar surface area (TPSA) is 12.0 Å². The summed E-state index contributed by atoms with van der Waals surface area (Å²) in [5.74, 6) is 0.303. The lowest BCUT2D eigenvalue weighted by Gasteiger charge is -2.23. The van der Waals surface area contributed by atoms with E-state index < -0.39 is 0 Å². The van der Waals surface area contributed by atoms with Crippen molar-refractivity contribution in [1.29, 1.82) is 0 Å². The lowest BCUT2D eigenvalue weighted by Crippen LogP contribution is -2.15. The van der Waals surface area contributed by atoms with E-state index in [9.17, 15) is 0 Å². The molecule has 0 amide bonds. The molecule has 1 aliphatic carbocycles. The number of benzene rings is 9. The maximum absolute atomic E-state index is 3.70. The van der Waals surface area contributed by atoms with Gasteiger partial charge in [-0.2, -0.15) is 0 Å². The summed E-state index contributed by atoms with van der Waals surface area (Å²) in [4.78, 5) is 0. The van der Waals surface area contributed by atoms with Crippen LogP contribution in [-0.4, -0.2) is 0 Å². The van der Waals surface area contributed by atoms with Gasteiger partial charge in [-0.25, -0.2) is 0 Å². The zero-order chi connectivity index (χ0) is 41.2. The first-order valence-electron chi connectivity index (χ1n) is 21.6. The zero-order valence-corrected chi connectivity index (χ0v) is 34.9. The van der Waals surface area contributed by atoms with Crippen LogP contribution in [-0.2, 0) is 11.8 Å². The number of fused-ring (bicyclic) bond motifs is 3. The molecule has 1 unspecified atom stereocenters. The molecule has 61 heavy (non-hydrogen) atoms. The number of aryl methyl sites for hydroxylation is 1. The normalized spacial score (nSPS) is 13.0. The van der Waals surface area contributed by atoms with Crippen LogP contribution >= 0.6 is 0 Å². The molecule has 1 heteroatoms. The third kappa shape index (κ3) is 7.84. The minimum atomic E-state index is -0.109. The summed E-state index contributed by atoms with van der Waals surface area (Å²) >= 11 is 0. The molecule has 0 spiro atoms. The molecule has 1 aliphatic rings. The molecule has 10 rings (SSSR count). The Morgan fingerprint density at radius 1 is 0.361 bits per heavy atom. The van der Waals surface area contributed by atoms with Gasteiger partial charge in [-0.15, -0.1) is 0 Å². The van der Waals surface area contributed by atoms with E-state index in [2.05, 4.69) is 244 Å². The SMILES string of the molecule is CC1(C)c2cc(CCC(c3ccccc3)c3ccc(-c4ccc(-c5ccccc5)cc4)cc3)ccc2-c2ccc(Nc3ccc(-c4ccc(-c5ccccc5)cc4)cc3)cc21. The predicted molar refractivity (Wildman–Crippen MR) is 259 cm³/mol. The van der Waals surface area contributed by atoms with Crippen LogP contribution in [0, 0.1) is 0 Å². The predicted octanol–water partition coefficient (Wildman–Crippen LogP) is 16.2. The Hall–Kier alpha value is -7.22. The standard InChI is InChI=1S/C60H49N/c1-60(2)58-40-42(18-37-55(51-16-10-5-11-17-51)52-30-28-49(29-31-52)47-24-20-45(21-25-47)43-12-6-3-7-13-43)19-38-56(58)57-39-36-54(41-59(57)60)61-53-34-32-50(33-35-53)48-26-22-46(23-27-48)44-14-8-4-9-15-44/h3-17,19-36,38-41,55,61H,18,37H2,1-2H3. The Kier molecular flexibility index (Phi) is 10.2. The van der Waals surface area contributed by atoms with Crippen molar-refractivity contribution >= 4 is 11.4 Å². The fraction of sp³-hybridized carbons (Fsp3) is 0.100. The molecule has 0 aromatic heterocycles. The second-order valence-electron chi connectivity index (χ2n) is 17.0. The van der Waals surface area contributed by atoms with Gasteiger partial charge in [-0.05, 0) is 121 Å². The first-order chi connectivity index (χ1) is 30.0. The van der Waals surface area contributed by atoms with E-state index in [4.69, 9.17) is 0 Å². The van der Waals surface area contributed by atoms with Crippen LogP contribution in [0.1, 0.15) is 54.0 Å². The van der Waals surface area contributed by atoms with Gasteiger partial charge in [0.15, 0.2) is 0 Å². The molecule has 1 atom stereocenters. The van der Waals surface area contributed by atoms with Gasteiger partial charge in [0.25, 0.3) is 0 Å². The molecule has 0 radical (unpaired) electrons. The summed E-state index contributed by atoms with van der Waals surface area (Å²) in [6.45, 7) is 4.76. The van der Waals surface area contributed by atoms with Crippen LogP contribution in [0.2, 0.25) is 0 Å². The van der Waals surface area contributed by atoms with E-state index in [0.29, 0.717) is 5.92 Å². The molecule has 0 bridgehead atoms. The van der Waals surface area contributed by atoms with Crippen molar-refractivity contribution in [2.75, 3.05) is 5.32 Å². The number of nitrogens with one attached hydrogen (secondary N) is 1. The van der Waals surface area contributed by atoms with Crippen molar-refractivity contribution in [3.8, 4) is 55.6 Å². The third-order valence-electron chi connectivity index (χ3n) is 12.8. The van der Waals surface area contributed by atoms with Crippen molar-refractivity contribution in [3.63, 3.8) is 0 Å². The summed E-state index contributed by atoms with van der Waals surface area (Å²) in [6.07, 6.45) is 2.04. The van der Waals surface area contributed by atoms with Gasteiger partial charge >= 0.3 is 0 Å². The molecular formula is C60H49N. The van der Waals surface area contributed by atoms with Crippen LogP contribution in [0.25, 0.3) is 55.6 Å². The lowest BCUT2D eigenvalue weighted by molar-refractivity contribution is 0.657.